The van der Waals surface area contributed by atoms with E-state index in [0.29, 0.717) is 5.39 Å². The molecule has 0 saturated carbocycles. The number of fused-ring (bicyclic) bond motifs is 1. The number of aromatic nitrogens is 1. The Hall–Kier alpha value is -1.33. The largest absolute Gasteiger partial charge is 0.346 e. The van der Waals surface area contributed by atoms with E-state index in [4.69, 9.17) is 5.14 Å². The first-order valence-corrected chi connectivity index (χ1v) is 7.84. The molecule has 1 heterocycles. The molecular formula is C14H20N2O2S. The summed E-state index contributed by atoms with van der Waals surface area (Å²) in [6.45, 7) is 7.28. The van der Waals surface area contributed by atoms with Gasteiger partial charge in [-0.2, -0.15) is 0 Å². The molecule has 1 aromatic heterocycles. The maximum Gasteiger partial charge on any atom is 0.240 e. The van der Waals surface area contributed by atoms with Gasteiger partial charge in [-0.3, -0.25) is 0 Å². The third-order valence-corrected chi connectivity index (χ3v) is 4.10. The number of sulfonamides is 1. The number of nitrogens with two attached hydrogens (primary N) is 1. The van der Waals surface area contributed by atoms with Gasteiger partial charge >= 0.3 is 0 Å². The molecule has 1 aromatic carbocycles. The van der Waals surface area contributed by atoms with Gasteiger partial charge in [-0.15, -0.1) is 0 Å². The lowest BCUT2D eigenvalue weighted by atomic mass is 9.92. The molecule has 0 aliphatic rings. The van der Waals surface area contributed by atoms with Gasteiger partial charge in [0.15, 0.2) is 0 Å². The summed E-state index contributed by atoms with van der Waals surface area (Å²) in [6, 6.07) is 7.45. The van der Waals surface area contributed by atoms with Gasteiger partial charge in [0.2, 0.25) is 10.0 Å². The molecule has 4 nitrogen and oxygen atoms in total. The number of primary sulfonamides is 1. The Labute approximate surface area is 114 Å². The first-order valence-electron chi connectivity index (χ1n) is 6.29. The second kappa shape index (κ2) is 4.65. The molecule has 19 heavy (non-hydrogen) atoms. The van der Waals surface area contributed by atoms with Gasteiger partial charge in [-0.25, -0.2) is 13.6 Å². The molecule has 0 saturated heterocycles. The van der Waals surface area contributed by atoms with Crippen LogP contribution in [0.5, 0.6) is 0 Å². The minimum Gasteiger partial charge on any atom is -0.346 e. The fraction of sp³-hybridized carbons (Fsp3) is 0.429. The monoisotopic (exact) mass is 280 g/mol. The van der Waals surface area contributed by atoms with Gasteiger partial charge in [-0.1, -0.05) is 39.0 Å². The minimum atomic E-state index is -3.68. The molecule has 0 fully saturated rings. The highest BCUT2D eigenvalue weighted by atomic mass is 32.2. The standard InChI is InChI=1S/C14H20N2O2S/c1-14(2,3)8-9-16-10-13(19(15,17)18)11-6-4-5-7-12(11)16/h4-7,10H,8-9H2,1-3H3,(H2,15,17,18). The predicted octanol–water partition coefficient (Wildman–Crippen LogP) is 2.72. The summed E-state index contributed by atoms with van der Waals surface area (Å²) >= 11 is 0. The minimum absolute atomic E-state index is 0.202. The molecule has 0 unspecified atom stereocenters. The van der Waals surface area contributed by atoms with E-state index in [-0.39, 0.29) is 10.3 Å². The highest BCUT2D eigenvalue weighted by Gasteiger charge is 2.18. The predicted molar refractivity (Wildman–Crippen MR) is 77.4 cm³/mol. The Morgan fingerprint density at radius 1 is 1.21 bits per heavy atom. The van der Waals surface area contributed by atoms with Crippen molar-refractivity contribution in [2.24, 2.45) is 10.6 Å². The Balaban J connectivity index is 2.51. The Morgan fingerprint density at radius 2 is 1.84 bits per heavy atom. The Kier molecular flexibility index (Phi) is 3.45. The first kappa shape index (κ1) is 14.1. The molecule has 5 heteroatoms. The van der Waals surface area contributed by atoms with E-state index in [0.717, 1.165) is 18.5 Å². The summed E-state index contributed by atoms with van der Waals surface area (Å²) in [6.07, 6.45) is 2.61. The molecule has 2 rings (SSSR count). The molecule has 0 radical (unpaired) electrons. The van der Waals surface area contributed by atoms with Crippen molar-refractivity contribution in [3.63, 3.8) is 0 Å². The van der Waals surface area contributed by atoms with E-state index in [2.05, 4.69) is 20.8 Å². The zero-order valence-electron chi connectivity index (χ0n) is 11.6. The SMILES string of the molecule is CC(C)(C)CCn1cc(S(N)(=O)=O)c2ccccc21. The highest BCUT2D eigenvalue weighted by Crippen LogP contribution is 2.27. The van der Waals surface area contributed by atoms with Gasteiger partial charge in [0, 0.05) is 23.6 Å². The van der Waals surface area contributed by atoms with Crippen LogP contribution < -0.4 is 5.14 Å². The van der Waals surface area contributed by atoms with Crippen molar-refractivity contribution < 1.29 is 8.42 Å². The topological polar surface area (TPSA) is 65.1 Å². The first-order chi connectivity index (χ1) is 8.68. The number of para-hydroxylation sites is 1. The van der Waals surface area contributed by atoms with Crippen molar-refractivity contribution in [1.29, 1.82) is 0 Å². The average Bonchev–Trinajstić information content (AvgIpc) is 2.64. The molecule has 2 N–H and O–H groups in total. The van der Waals surface area contributed by atoms with Gasteiger partial charge < -0.3 is 4.57 Å². The van der Waals surface area contributed by atoms with Crippen molar-refractivity contribution in [3.05, 3.63) is 30.5 Å². The van der Waals surface area contributed by atoms with E-state index in [1.807, 2.05) is 22.8 Å². The maximum absolute atomic E-state index is 11.6. The van der Waals surface area contributed by atoms with E-state index < -0.39 is 10.0 Å². The van der Waals surface area contributed by atoms with Crippen molar-refractivity contribution in [2.45, 2.75) is 38.6 Å². The fourth-order valence-corrected chi connectivity index (χ4v) is 2.83. The zero-order valence-corrected chi connectivity index (χ0v) is 12.4. The van der Waals surface area contributed by atoms with Crippen molar-refractivity contribution in [2.75, 3.05) is 0 Å². The molecule has 2 aromatic rings. The summed E-state index contributed by atoms with van der Waals surface area (Å²) < 4.78 is 25.2. The lowest BCUT2D eigenvalue weighted by molar-refractivity contribution is 0.353. The molecule has 0 aliphatic heterocycles. The van der Waals surface area contributed by atoms with Crippen LogP contribution in [0.2, 0.25) is 0 Å². The van der Waals surface area contributed by atoms with Gasteiger partial charge in [0.25, 0.3) is 0 Å². The van der Waals surface area contributed by atoms with E-state index in [1.165, 1.54) is 0 Å². The summed E-state index contributed by atoms with van der Waals surface area (Å²) in [4.78, 5) is 0.206. The van der Waals surface area contributed by atoms with Crippen LogP contribution in [0.25, 0.3) is 10.9 Å². The maximum atomic E-state index is 11.6. The Morgan fingerprint density at radius 3 is 2.42 bits per heavy atom. The highest BCUT2D eigenvalue weighted by molar-refractivity contribution is 7.89. The van der Waals surface area contributed by atoms with Crippen molar-refractivity contribution in [1.82, 2.24) is 4.57 Å². The summed E-state index contributed by atoms with van der Waals surface area (Å²) in [5.41, 5.74) is 1.11. The smallest absolute Gasteiger partial charge is 0.240 e. The van der Waals surface area contributed by atoms with Gasteiger partial charge in [0.05, 0.1) is 0 Å². The van der Waals surface area contributed by atoms with E-state index in [1.54, 1.807) is 12.3 Å². The Bertz CT molecular complexity index is 694. The van der Waals surface area contributed by atoms with Crippen LogP contribution in [-0.4, -0.2) is 13.0 Å². The number of benzene rings is 1. The van der Waals surface area contributed by atoms with Crippen LogP contribution in [0.4, 0.5) is 0 Å². The number of aryl methyl sites for hydroxylation is 1. The molecule has 0 spiro atoms. The van der Waals surface area contributed by atoms with E-state index >= 15 is 0 Å². The third kappa shape index (κ3) is 3.16. The third-order valence-electron chi connectivity index (χ3n) is 3.16. The number of hydrogen-bond donors (Lipinski definition) is 1. The van der Waals surface area contributed by atoms with Crippen LogP contribution in [0.3, 0.4) is 0 Å². The quantitative estimate of drug-likeness (QED) is 0.939. The second-order valence-electron chi connectivity index (χ2n) is 6.06. The molecule has 0 bridgehead atoms. The molecule has 104 valence electrons. The fourth-order valence-electron chi connectivity index (χ4n) is 2.08. The summed E-state index contributed by atoms with van der Waals surface area (Å²) in [5.74, 6) is 0. The van der Waals surface area contributed by atoms with Crippen molar-refractivity contribution in [3.8, 4) is 0 Å². The molecule has 0 amide bonds. The van der Waals surface area contributed by atoms with Crippen LogP contribution >= 0.6 is 0 Å². The lowest BCUT2D eigenvalue weighted by Crippen LogP contribution is -2.12. The van der Waals surface area contributed by atoms with E-state index in [9.17, 15) is 8.42 Å². The molecule has 0 atom stereocenters. The normalized spacial score (nSPS) is 13.1. The second-order valence-corrected chi connectivity index (χ2v) is 7.59. The van der Waals surface area contributed by atoms with Crippen molar-refractivity contribution >= 4 is 20.9 Å². The van der Waals surface area contributed by atoms with Crippen LogP contribution in [-0.2, 0) is 16.6 Å². The number of nitrogens with zero attached hydrogens (tertiary/aromatic N) is 1. The van der Waals surface area contributed by atoms with Crippen LogP contribution in [0, 0.1) is 5.41 Å². The summed E-state index contributed by atoms with van der Waals surface area (Å²) in [5, 5.41) is 5.97. The van der Waals surface area contributed by atoms with Crippen LogP contribution in [0.15, 0.2) is 35.4 Å². The average molecular weight is 280 g/mol. The van der Waals surface area contributed by atoms with Crippen LogP contribution in [0.1, 0.15) is 27.2 Å². The summed E-state index contributed by atoms with van der Waals surface area (Å²) in [7, 11) is -3.68. The molecule has 0 aliphatic carbocycles. The number of rotatable bonds is 3. The van der Waals surface area contributed by atoms with Gasteiger partial charge in [0.1, 0.15) is 4.90 Å². The molecular weight excluding hydrogens is 260 g/mol. The zero-order chi connectivity index (χ0) is 14.3. The lowest BCUT2D eigenvalue weighted by Gasteiger charge is -2.18. The number of hydrogen-bond acceptors (Lipinski definition) is 2. The van der Waals surface area contributed by atoms with Gasteiger partial charge in [-0.05, 0) is 17.9 Å².